The fourth-order valence-corrected chi connectivity index (χ4v) is 2.17. The first-order valence-electron chi connectivity index (χ1n) is 5.70. The van der Waals surface area contributed by atoms with Gasteiger partial charge >= 0.3 is 0 Å². The lowest BCUT2D eigenvalue weighted by Gasteiger charge is -2.09. The summed E-state index contributed by atoms with van der Waals surface area (Å²) >= 11 is 0. The molecule has 19 heavy (non-hydrogen) atoms. The highest BCUT2D eigenvalue weighted by molar-refractivity contribution is 5.68. The molecule has 0 saturated heterocycles. The minimum absolute atomic E-state index is 0.310. The van der Waals surface area contributed by atoms with Gasteiger partial charge in [0.05, 0.1) is 17.3 Å². The van der Waals surface area contributed by atoms with Gasteiger partial charge in [0.1, 0.15) is 12.1 Å². The molecule has 0 N–H and O–H groups in total. The molecule has 92 valence electrons. The minimum atomic E-state index is -0.431. The molecule has 2 heterocycles. The number of aryl methyl sites for hydroxylation is 1. The Hall–Kier alpha value is -2.74. The Balaban J connectivity index is 2.34. The SMILES string of the molecule is Cc1cc(C#N)cc(F)c1-c1cccc2ncnn12. The Kier molecular flexibility index (Phi) is 2.50. The number of hydrogen-bond acceptors (Lipinski definition) is 3. The number of rotatable bonds is 1. The van der Waals surface area contributed by atoms with Crippen molar-refractivity contribution in [3.8, 4) is 17.3 Å². The fourth-order valence-electron chi connectivity index (χ4n) is 2.17. The standard InChI is InChI=1S/C14H9FN4/c1-9-5-10(7-16)6-11(15)14(9)12-3-2-4-13-17-8-18-19(12)13/h2-6,8H,1H3. The van der Waals surface area contributed by atoms with Crippen molar-refractivity contribution < 1.29 is 4.39 Å². The van der Waals surface area contributed by atoms with Gasteiger partial charge in [0.25, 0.3) is 0 Å². The molecule has 2 aromatic heterocycles. The second-order valence-electron chi connectivity index (χ2n) is 4.20. The van der Waals surface area contributed by atoms with Crippen LogP contribution < -0.4 is 0 Å². The zero-order valence-corrected chi connectivity index (χ0v) is 10.1. The van der Waals surface area contributed by atoms with E-state index in [4.69, 9.17) is 5.26 Å². The maximum absolute atomic E-state index is 14.2. The predicted molar refractivity (Wildman–Crippen MR) is 67.8 cm³/mol. The van der Waals surface area contributed by atoms with Crippen molar-refractivity contribution >= 4 is 5.65 Å². The van der Waals surface area contributed by atoms with Crippen molar-refractivity contribution in [2.45, 2.75) is 6.92 Å². The molecule has 0 amide bonds. The van der Waals surface area contributed by atoms with E-state index in [9.17, 15) is 4.39 Å². The summed E-state index contributed by atoms with van der Waals surface area (Å²) in [6.07, 6.45) is 1.43. The van der Waals surface area contributed by atoms with Gasteiger partial charge in [-0.15, -0.1) is 0 Å². The molecular formula is C14H9FN4. The summed E-state index contributed by atoms with van der Waals surface area (Å²) in [5.41, 5.74) is 2.72. The lowest BCUT2D eigenvalue weighted by atomic mass is 10.0. The van der Waals surface area contributed by atoms with E-state index in [0.717, 1.165) is 0 Å². The number of fused-ring (bicyclic) bond motifs is 1. The van der Waals surface area contributed by atoms with Crippen LogP contribution in [-0.4, -0.2) is 14.6 Å². The summed E-state index contributed by atoms with van der Waals surface area (Å²) in [5, 5.41) is 12.9. The lowest BCUT2D eigenvalue weighted by molar-refractivity contribution is 0.628. The van der Waals surface area contributed by atoms with Gasteiger partial charge in [-0.05, 0) is 36.8 Å². The normalized spacial score (nSPS) is 10.6. The first kappa shape index (κ1) is 11.4. The molecule has 5 heteroatoms. The van der Waals surface area contributed by atoms with E-state index in [1.807, 2.05) is 6.07 Å². The smallest absolute Gasteiger partial charge is 0.155 e. The van der Waals surface area contributed by atoms with Gasteiger partial charge in [-0.3, -0.25) is 0 Å². The Morgan fingerprint density at radius 2 is 2.16 bits per heavy atom. The molecule has 1 aromatic carbocycles. The van der Waals surface area contributed by atoms with E-state index in [0.29, 0.717) is 28.0 Å². The third kappa shape index (κ3) is 1.74. The van der Waals surface area contributed by atoms with Gasteiger partial charge in [0.2, 0.25) is 0 Å². The van der Waals surface area contributed by atoms with E-state index in [2.05, 4.69) is 10.1 Å². The zero-order valence-electron chi connectivity index (χ0n) is 10.1. The van der Waals surface area contributed by atoms with Gasteiger partial charge in [-0.2, -0.15) is 10.4 Å². The number of halogens is 1. The maximum atomic E-state index is 14.2. The highest BCUT2D eigenvalue weighted by Gasteiger charge is 2.14. The van der Waals surface area contributed by atoms with Crippen LogP contribution in [0.15, 0.2) is 36.7 Å². The molecule has 0 fully saturated rings. The largest absolute Gasteiger partial charge is 0.215 e. The van der Waals surface area contributed by atoms with E-state index in [-0.39, 0.29) is 0 Å². The molecule has 3 rings (SSSR count). The van der Waals surface area contributed by atoms with Crippen LogP contribution in [0.2, 0.25) is 0 Å². The molecule has 4 nitrogen and oxygen atoms in total. The highest BCUT2D eigenvalue weighted by atomic mass is 19.1. The summed E-state index contributed by atoms with van der Waals surface area (Å²) in [6.45, 7) is 1.77. The van der Waals surface area contributed by atoms with Crippen LogP contribution in [0.1, 0.15) is 11.1 Å². The van der Waals surface area contributed by atoms with Crippen molar-refractivity contribution in [1.29, 1.82) is 5.26 Å². The van der Waals surface area contributed by atoms with E-state index in [1.165, 1.54) is 12.4 Å². The molecule has 0 bridgehead atoms. The van der Waals surface area contributed by atoms with E-state index >= 15 is 0 Å². The number of hydrogen-bond donors (Lipinski definition) is 0. The van der Waals surface area contributed by atoms with Crippen LogP contribution in [-0.2, 0) is 0 Å². The van der Waals surface area contributed by atoms with E-state index in [1.54, 1.807) is 35.7 Å². The molecular weight excluding hydrogens is 243 g/mol. The Labute approximate surface area is 108 Å². The number of nitrogens with zero attached hydrogens (tertiary/aromatic N) is 4. The summed E-state index contributed by atoms with van der Waals surface area (Å²) in [5.74, 6) is -0.431. The second-order valence-corrected chi connectivity index (χ2v) is 4.20. The van der Waals surface area contributed by atoms with Gasteiger partial charge in [-0.1, -0.05) is 6.07 Å². The first-order chi connectivity index (χ1) is 9.20. The van der Waals surface area contributed by atoms with Crippen molar-refractivity contribution in [1.82, 2.24) is 14.6 Å². The Morgan fingerprint density at radius 3 is 2.89 bits per heavy atom. The number of aromatic nitrogens is 3. The summed E-state index contributed by atoms with van der Waals surface area (Å²) in [4.78, 5) is 4.07. The molecule has 0 saturated carbocycles. The molecule has 0 unspecified atom stereocenters. The Bertz CT molecular complexity index is 791. The van der Waals surface area contributed by atoms with E-state index < -0.39 is 5.82 Å². The third-order valence-corrected chi connectivity index (χ3v) is 2.97. The topological polar surface area (TPSA) is 54.0 Å². The summed E-state index contributed by atoms with van der Waals surface area (Å²) < 4.78 is 15.8. The number of benzene rings is 1. The average Bonchev–Trinajstić information content (AvgIpc) is 2.86. The second kappa shape index (κ2) is 4.18. The Morgan fingerprint density at radius 1 is 1.32 bits per heavy atom. The lowest BCUT2D eigenvalue weighted by Crippen LogP contribution is -1.98. The van der Waals surface area contributed by atoms with Crippen LogP contribution in [0.4, 0.5) is 4.39 Å². The number of nitriles is 1. The van der Waals surface area contributed by atoms with Crippen molar-refractivity contribution in [2.24, 2.45) is 0 Å². The highest BCUT2D eigenvalue weighted by Crippen LogP contribution is 2.27. The maximum Gasteiger partial charge on any atom is 0.155 e. The van der Waals surface area contributed by atoms with Crippen LogP contribution in [0.5, 0.6) is 0 Å². The molecule has 0 atom stereocenters. The summed E-state index contributed by atoms with van der Waals surface area (Å²) in [6, 6.07) is 10.2. The molecule has 0 aliphatic heterocycles. The third-order valence-electron chi connectivity index (χ3n) is 2.97. The average molecular weight is 252 g/mol. The monoisotopic (exact) mass is 252 g/mol. The van der Waals surface area contributed by atoms with Crippen LogP contribution in [0.3, 0.4) is 0 Å². The molecule has 0 aliphatic rings. The molecule has 0 radical (unpaired) electrons. The fraction of sp³-hybridized carbons (Fsp3) is 0.0714. The predicted octanol–water partition coefficient (Wildman–Crippen LogP) is 2.72. The van der Waals surface area contributed by atoms with Gasteiger partial charge < -0.3 is 0 Å². The van der Waals surface area contributed by atoms with Crippen molar-refractivity contribution in [3.05, 3.63) is 53.6 Å². The first-order valence-corrected chi connectivity index (χ1v) is 5.70. The van der Waals surface area contributed by atoms with Gasteiger partial charge in [0, 0.05) is 5.56 Å². The molecule has 3 aromatic rings. The quantitative estimate of drug-likeness (QED) is 0.669. The van der Waals surface area contributed by atoms with Crippen LogP contribution >= 0.6 is 0 Å². The molecule has 0 spiro atoms. The number of pyridine rings is 1. The molecule has 0 aliphatic carbocycles. The van der Waals surface area contributed by atoms with Gasteiger partial charge in [-0.25, -0.2) is 13.9 Å². The minimum Gasteiger partial charge on any atom is -0.215 e. The van der Waals surface area contributed by atoms with Gasteiger partial charge in [0.15, 0.2) is 5.65 Å². The van der Waals surface area contributed by atoms with Crippen molar-refractivity contribution in [2.75, 3.05) is 0 Å². The van der Waals surface area contributed by atoms with Crippen LogP contribution in [0, 0.1) is 24.1 Å². The zero-order chi connectivity index (χ0) is 13.4. The summed E-state index contributed by atoms with van der Waals surface area (Å²) in [7, 11) is 0. The van der Waals surface area contributed by atoms with Crippen molar-refractivity contribution in [3.63, 3.8) is 0 Å². The van der Waals surface area contributed by atoms with Crippen LogP contribution in [0.25, 0.3) is 16.9 Å².